The molecule has 1 aliphatic heterocycles. The number of hydrogen-bond donors (Lipinski definition) is 0. The zero-order valence-electron chi connectivity index (χ0n) is 19.3. The Balaban J connectivity index is 1.33. The summed E-state index contributed by atoms with van der Waals surface area (Å²) < 4.78 is 34.4. The monoisotopic (exact) mass is 454 g/mol. The summed E-state index contributed by atoms with van der Waals surface area (Å²) in [6.07, 6.45) is 4.52. The topological polar surface area (TPSA) is 55.4 Å². The molecule has 0 atom stereocenters. The normalized spacial score (nSPS) is 21.7. The van der Waals surface area contributed by atoms with Gasteiger partial charge < -0.3 is 28.4 Å². The number of hydrogen-bond acceptors (Lipinski definition) is 6. The van der Waals surface area contributed by atoms with E-state index in [0.717, 1.165) is 37.2 Å². The summed E-state index contributed by atoms with van der Waals surface area (Å²) in [5, 5.41) is 0. The van der Waals surface area contributed by atoms with Gasteiger partial charge in [-0.05, 0) is 72.2 Å². The van der Waals surface area contributed by atoms with E-state index in [2.05, 4.69) is 36.4 Å². The second-order valence-corrected chi connectivity index (χ2v) is 8.87. The zero-order valence-corrected chi connectivity index (χ0v) is 19.3. The Bertz CT molecular complexity index is 851. The molecule has 178 valence electrons. The second-order valence-electron chi connectivity index (χ2n) is 8.87. The molecule has 5 rings (SSSR count). The number of aryl methyl sites for hydroxylation is 2. The van der Waals surface area contributed by atoms with Gasteiger partial charge in [-0.1, -0.05) is 12.1 Å². The van der Waals surface area contributed by atoms with Crippen LogP contribution in [-0.2, 0) is 37.2 Å². The van der Waals surface area contributed by atoms with Gasteiger partial charge in [-0.15, -0.1) is 0 Å². The van der Waals surface area contributed by atoms with Crippen LogP contribution in [0, 0.1) is 0 Å². The van der Waals surface area contributed by atoms with Crippen molar-refractivity contribution in [1.29, 1.82) is 0 Å². The van der Waals surface area contributed by atoms with E-state index < -0.39 is 0 Å². The minimum absolute atomic E-state index is 0.0698. The van der Waals surface area contributed by atoms with Gasteiger partial charge in [0.05, 0.1) is 52.9 Å². The van der Waals surface area contributed by atoms with Gasteiger partial charge in [-0.2, -0.15) is 0 Å². The highest BCUT2D eigenvalue weighted by Gasteiger charge is 2.45. The third-order valence-electron chi connectivity index (χ3n) is 6.94. The Morgan fingerprint density at radius 3 is 1.30 bits per heavy atom. The lowest BCUT2D eigenvalue weighted by atomic mass is 9.76. The van der Waals surface area contributed by atoms with E-state index in [1.807, 2.05) is 0 Å². The van der Waals surface area contributed by atoms with Crippen molar-refractivity contribution in [3.63, 3.8) is 0 Å². The molecule has 1 spiro atoms. The maximum atomic E-state index is 6.04. The summed E-state index contributed by atoms with van der Waals surface area (Å²) in [6.45, 7) is 5.48. The van der Waals surface area contributed by atoms with Crippen LogP contribution in [0.2, 0.25) is 0 Å². The first-order chi connectivity index (χ1) is 16.4. The molecule has 2 aromatic carbocycles. The van der Waals surface area contributed by atoms with Crippen LogP contribution in [0.15, 0.2) is 36.4 Å². The number of benzene rings is 2. The molecule has 0 saturated carbocycles. The van der Waals surface area contributed by atoms with Crippen molar-refractivity contribution >= 4 is 0 Å². The van der Waals surface area contributed by atoms with Crippen molar-refractivity contribution in [2.24, 2.45) is 0 Å². The average molecular weight is 455 g/mol. The largest absolute Gasteiger partial charge is 0.491 e. The first-order valence-corrected chi connectivity index (χ1v) is 12.2. The zero-order chi connectivity index (χ0) is 22.3. The smallest absolute Gasteiger partial charge is 0.119 e. The summed E-state index contributed by atoms with van der Waals surface area (Å²) in [6, 6.07) is 13.2. The van der Waals surface area contributed by atoms with E-state index in [9.17, 15) is 0 Å². The Kier molecular flexibility index (Phi) is 7.47. The molecule has 0 amide bonds. The molecule has 33 heavy (non-hydrogen) atoms. The van der Waals surface area contributed by atoms with Gasteiger partial charge in [-0.3, -0.25) is 0 Å². The van der Waals surface area contributed by atoms with Crippen molar-refractivity contribution in [2.75, 3.05) is 66.1 Å². The van der Waals surface area contributed by atoms with Crippen LogP contribution in [0.1, 0.15) is 35.1 Å². The first kappa shape index (κ1) is 22.7. The van der Waals surface area contributed by atoms with Gasteiger partial charge in [0.1, 0.15) is 24.7 Å². The molecule has 0 unspecified atom stereocenters. The van der Waals surface area contributed by atoms with E-state index in [0.29, 0.717) is 66.1 Å². The van der Waals surface area contributed by atoms with Crippen LogP contribution < -0.4 is 9.47 Å². The van der Waals surface area contributed by atoms with Crippen LogP contribution in [0.5, 0.6) is 11.5 Å². The van der Waals surface area contributed by atoms with Crippen LogP contribution in [-0.4, -0.2) is 66.1 Å². The fourth-order valence-corrected chi connectivity index (χ4v) is 5.32. The van der Waals surface area contributed by atoms with E-state index >= 15 is 0 Å². The SMILES string of the molecule is c1cc2c3cc1OCCOCCOCCOCCOCCOc1ccc4c(c1)C3(CC2)CC4. The molecule has 0 saturated heterocycles. The molecule has 6 heteroatoms. The molecular formula is C27H34O6. The summed E-state index contributed by atoms with van der Waals surface area (Å²) in [5.74, 6) is 1.84. The number of fused-ring (bicyclic) bond motifs is 2. The van der Waals surface area contributed by atoms with Crippen molar-refractivity contribution < 1.29 is 28.4 Å². The van der Waals surface area contributed by atoms with Crippen molar-refractivity contribution in [3.8, 4) is 11.5 Å². The highest BCUT2D eigenvalue weighted by molar-refractivity contribution is 5.56. The molecule has 0 aromatic heterocycles. The molecule has 3 aliphatic rings. The molecule has 1 heterocycles. The summed E-state index contributed by atoms with van der Waals surface area (Å²) in [7, 11) is 0. The average Bonchev–Trinajstić information content (AvgIpc) is 3.39. The minimum atomic E-state index is 0.0698. The number of rotatable bonds is 0. The first-order valence-electron chi connectivity index (χ1n) is 12.2. The lowest BCUT2D eigenvalue weighted by molar-refractivity contribution is -0.00698. The van der Waals surface area contributed by atoms with E-state index in [1.165, 1.54) is 22.3 Å². The standard InChI is InChI=1S/C27H34O6/c1-3-23-19-25-21(1)5-7-27(25)8-6-22-2-4-24(20-26(22)27)33-18-16-31-14-12-29-10-9-28-11-13-30-15-17-32-23/h1-4,19-20H,5-18H2. The summed E-state index contributed by atoms with van der Waals surface area (Å²) in [4.78, 5) is 0. The fraction of sp³-hybridized carbons (Fsp3) is 0.556. The van der Waals surface area contributed by atoms with Crippen molar-refractivity contribution in [3.05, 3.63) is 58.7 Å². The molecule has 2 aliphatic carbocycles. The third kappa shape index (κ3) is 5.19. The fourth-order valence-electron chi connectivity index (χ4n) is 5.32. The van der Waals surface area contributed by atoms with Crippen LogP contribution >= 0.6 is 0 Å². The van der Waals surface area contributed by atoms with Crippen molar-refractivity contribution in [2.45, 2.75) is 31.1 Å². The maximum Gasteiger partial charge on any atom is 0.119 e. The predicted octanol–water partition coefficient (Wildman–Crippen LogP) is 3.70. The molecule has 6 nitrogen and oxygen atoms in total. The Morgan fingerprint density at radius 1 is 0.485 bits per heavy atom. The van der Waals surface area contributed by atoms with Crippen LogP contribution in [0.4, 0.5) is 0 Å². The molecule has 4 bridgehead atoms. The second kappa shape index (κ2) is 10.9. The third-order valence-corrected chi connectivity index (χ3v) is 6.94. The number of ether oxygens (including phenoxy) is 6. The van der Waals surface area contributed by atoms with E-state index in [1.54, 1.807) is 0 Å². The van der Waals surface area contributed by atoms with Crippen molar-refractivity contribution in [1.82, 2.24) is 0 Å². The van der Waals surface area contributed by atoms with Gasteiger partial charge in [0.2, 0.25) is 0 Å². The molecular weight excluding hydrogens is 420 g/mol. The lowest BCUT2D eigenvalue weighted by Gasteiger charge is -2.27. The summed E-state index contributed by atoms with van der Waals surface area (Å²) in [5.41, 5.74) is 5.80. The highest BCUT2D eigenvalue weighted by atomic mass is 16.6. The highest BCUT2D eigenvalue weighted by Crippen LogP contribution is 2.53. The van der Waals surface area contributed by atoms with Crippen LogP contribution in [0.3, 0.4) is 0 Å². The molecule has 0 fully saturated rings. The minimum Gasteiger partial charge on any atom is -0.491 e. The van der Waals surface area contributed by atoms with E-state index in [4.69, 9.17) is 28.4 Å². The quantitative estimate of drug-likeness (QED) is 0.605. The Morgan fingerprint density at radius 2 is 0.879 bits per heavy atom. The summed E-state index contributed by atoms with van der Waals surface area (Å²) >= 11 is 0. The molecule has 0 radical (unpaired) electrons. The maximum absolute atomic E-state index is 6.04. The van der Waals surface area contributed by atoms with Gasteiger partial charge in [0.25, 0.3) is 0 Å². The van der Waals surface area contributed by atoms with Gasteiger partial charge in [0.15, 0.2) is 0 Å². The predicted molar refractivity (Wildman–Crippen MR) is 125 cm³/mol. The van der Waals surface area contributed by atoms with Gasteiger partial charge in [0, 0.05) is 5.41 Å². The Hall–Kier alpha value is -2.12. The van der Waals surface area contributed by atoms with Gasteiger partial charge in [-0.25, -0.2) is 0 Å². The van der Waals surface area contributed by atoms with Crippen LogP contribution in [0.25, 0.3) is 0 Å². The molecule has 2 aromatic rings. The van der Waals surface area contributed by atoms with Gasteiger partial charge >= 0.3 is 0 Å². The Labute approximate surface area is 196 Å². The lowest BCUT2D eigenvalue weighted by Crippen LogP contribution is -2.21. The molecule has 0 N–H and O–H groups in total. The van der Waals surface area contributed by atoms with E-state index in [-0.39, 0.29) is 5.41 Å².